The predicted molar refractivity (Wildman–Crippen MR) is 95.0 cm³/mol. The molecule has 2 heterocycles. The van der Waals surface area contributed by atoms with Crippen molar-refractivity contribution in [1.29, 1.82) is 0 Å². The second-order valence-corrected chi connectivity index (χ2v) is 6.28. The van der Waals surface area contributed by atoms with Gasteiger partial charge in [-0.05, 0) is 24.1 Å². The van der Waals surface area contributed by atoms with Crippen LogP contribution in [0.2, 0.25) is 0 Å². The Hall–Kier alpha value is -3.59. The Morgan fingerprint density at radius 2 is 2.21 bits per heavy atom. The molecule has 2 aliphatic heterocycles. The molecule has 2 N–H and O–H groups in total. The number of nitrogens with one attached hydrogen (secondary N) is 2. The number of amides is 4. The molecule has 0 saturated carbocycles. The van der Waals surface area contributed by atoms with Crippen LogP contribution in [0.5, 0.6) is 5.75 Å². The Morgan fingerprint density at radius 1 is 1.39 bits per heavy atom. The molecule has 1 aromatic carbocycles. The van der Waals surface area contributed by atoms with Crippen molar-refractivity contribution < 1.29 is 23.9 Å². The van der Waals surface area contributed by atoms with Gasteiger partial charge in [-0.2, -0.15) is 0 Å². The van der Waals surface area contributed by atoms with E-state index in [0.29, 0.717) is 16.9 Å². The molecule has 2 aliphatic rings. The quantitative estimate of drug-likeness (QED) is 0.226. The normalized spacial score (nSPS) is 18.2. The number of carbonyl (C=O) groups is 4. The van der Waals surface area contributed by atoms with Crippen molar-refractivity contribution in [2.75, 3.05) is 19.7 Å². The van der Waals surface area contributed by atoms with Gasteiger partial charge in [-0.15, -0.1) is 0 Å². The second-order valence-electron chi connectivity index (χ2n) is 6.28. The second kappa shape index (κ2) is 8.40. The van der Waals surface area contributed by atoms with Gasteiger partial charge in [0.25, 0.3) is 11.8 Å². The highest BCUT2D eigenvalue weighted by Gasteiger charge is 2.40. The summed E-state index contributed by atoms with van der Waals surface area (Å²) in [6.45, 7) is 0.230. The number of rotatable bonds is 7. The molecule has 1 atom stereocenters. The molecular weight excluding hydrogens is 368 g/mol. The maximum Gasteiger partial charge on any atom is 0.257 e. The van der Waals surface area contributed by atoms with Crippen molar-refractivity contribution in [3.8, 4) is 5.75 Å². The zero-order valence-electron chi connectivity index (χ0n) is 14.9. The summed E-state index contributed by atoms with van der Waals surface area (Å²) >= 11 is 0. The molecule has 11 nitrogen and oxygen atoms in total. The van der Waals surface area contributed by atoms with E-state index in [9.17, 15) is 19.2 Å². The molecule has 1 aromatic rings. The Kier molecular flexibility index (Phi) is 5.75. The first-order chi connectivity index (χ1) is 13.5. The maximum absolute atomic E-state index is 12.7. The Bertz CT molecular complexity index is 879. The fourth-order valence-electron chi connectivity index (χ4n) is 3.18. The molecule has 1 unspecified atom stereocenters. The molecule has 0 bridgehead atoms. The first-order valence-electron chi connectivity index (χ1n) is 8.68. The van der Waals surface area contributed by atoms with Crippen LogP contribution >= 0.6 is 0 Å². The zero-order valence-corrected chi connectivity index (χ0v) is 14.9. The summed E-state index contributed by atoms with van der Waals surface area (Å²) in [4.78, 5) is 51.9. The molecule has 146 valence electrons. The van der Waals surface area contributed by atoms with Crippen molar-refractivity contribution in [3.05, 3.63) is 39.8 Å². The number of hydrogen-bond donors (Lipinski definition) is 2. The molecule has 0 spiro atoms. The monoisotopic (exact) mass is 386 g/mol. The number of benzene rings is 1. The molecule has 0 aromatic heterocycles. The van der Waals surface area contributed by atoms with E-state index in [4.69, 9.17) is 10.3 Å². The van der Waals surface area contributed by atoms with Crippen LogP contribution < -0.4 is 15.4 Å². The number of ether oxygens (including phenoxy) is 1. The van der Waals surface area contributed by atoms with Crippen LogP contribution in [-0.4, -0.2) is 54.3 Å². The molecule has 1 fully saturated rings. The highest BCUT2D eigenvalue weighted by Crippen LogP contribution is 2.33. The lowest BCUT2D eigenvalue weighted by atomic mass is 10.0. The van der Waals surface area contributed by atoms with Crippen LogP contribution in [0.15, 0.2) is 23.3 Å². The van der Waals surface area contributed by atoms with E-state index in [0.717, 1.165) is 0 Å². The van der Waals surface area contributed by atoms with Gasteiger partial charge in [0.05, 0.1) is 6.54 Å². The molecule has 0 aliphatic carbocycles. The predicted octanol–water partition coefficient (Wildman–Crippen LogP) is 0.253. The average Bonchev–Trinajstić information content (AvgIpc) is 3.01. The average molecular weight is 386 g/mol. The van der Waals surface area contributed by atoms with Crippen molar-refractivity contribution in [1.82, 2.24) is 15.5 Å². The number of carbonyl (C=O) groups excluding carboxylic acids is 4. The van der Waals surface area contributed by atoms with E-state index in [1.165, 1.54) is 4.90 Å². The summed E-state index contributed by atoms with van der Waals surface area (Å²) in [5, 5.41) is 8.10. The van der Waals surface area contributed by atoms with Gasteiger partial charge in [0.2, 0.25) is 11.8 Å². The highest BCUT2D eigenvalue weighted by atomic mass is 16.5. The van der Waals surface area contributed by atoms with Crippen LogP contribution in [0.1, 0.15) is 28.8 Å². The first-order valence-corrected chi connectivity index (χ1v) is 8.68. The number of fused-ring (bicyclic) bond motifs is 1. The van der Waals surface area contributed by atoms with Crippen LogP contribution in [0, 0.1) is 0 Å². The first kappa shape index (κ1) is 19.2. The van der Waals surface area contributed by atoms with Crippen LogP contribution in [0.4, 0.5) is 0 Å². The van der Waals surface area contributed by atoms with Gasteiger partial charge in [0.15, 0.2) is 6.61 Å². The van der Waals surface area contributed by atoms with E-state index in [1.807, 2.05) is 0 Å². The zero-order chi connectivity index (χ0) is 20.1. The third-order valence-corrected chi connectivity index (χ3v) is 4.50. The fourth-order valence-corrected chi connectivity index (χ4v) is 3.18. The Balaban J connectivity index is 1.65. The lowest BCUT2D eigenvalue weighted by Crippen LogP contribution is -2.52. The molecule has 28 heavy (non-hydrogen) atoms. The summed E-state index contributed by atoms with van der Waals surface area (Å²) in [5.74, 6) is -1.16. The fraction of sp³-hybridized carbons (Fsp3) is 0.412. The van der Waals surface area contributed by atoms with Gasteiger partial charge in [-0.3, -0.25) is 24.5 Å². The van der Waals surface area contributed by atoms with Crippen LogP contribution in [-0.2, 0) is 20.9 Å². The number of piperidine rings is 1. The van der Waals surface area contributed by atoms with E-state index >= 15 is 0 Å². The molecule has 11 heteroatoms. The number of hydrogen-bond acceptors (Lipinski definition) is 6. The van der Waals surface area contributed by atoms with Crippen molar-refractivity contribution >= 4 is 23.6 Å². The van der Waals surface area contributed by atoms with Crippen molar-refractivity contribution in [3.63, 3.8) is 0 Å². The Labute approximate surface area is 159 Å². The SMILES string of the molecule is [N-]=[N+]=NCCNC(=O)COc1cccc2c1CN(C1CCC(=O)NC1=O)C2=O. The minimum absolute atomic E-state index is 0.137. The van der Waals surface area contributed by atoms with Gasteiger partial charge >= 0.3 is 0 Å². The molecule has 1 saturated heterocycles. The van der Waals surface area contributed by atoms with Gasteiger partial charge in [-0.1, -0.05) is 11.2 Å². The van der Waals surface area contributed by atoms with Crippen molar-refractivity contribution in [2.45, 2.75) is 25.4 Å². The third kappa shape index (κ3) is 4.04. The smallest absolute Gasteiger partial charge is 0.257 e. The summed E-state index contributed by atoms with van der Waals surface area (Å²) in [7, 11) is 0. The standard InChI is InChI=1S/C17H18N6O5/c18-22-20-7-6-19-15(25)9-28-13-3-1-2-10-11(13)8-23(17(10)27)12-4-5-14(24)21-16(12)26/h1-3,12H,4-9H2,(H,19,25)(H,21,24,26). The summed E-state index contributed by atoms with van der Waals surface area (Å²) in [5.41, 5.74) is 9.19. The van der Waals surface area contributed by atoms with E-state index < -0.39 is 17.9 Å². The van der Waals surface area contributed by atoms with Crippen LogP contribution in [0.25, 0.3) is 10.4 Å². The number of nitrogens with zero attached hydrogens (tertiary/aromatic N) is 4. The maximum atomic E-state index is 12.7. The number of imide groups is 1. The summed E-state index contributed by atoms with van der Waals surface area (Å²) < 4.78 is 5.55. The minimum atomic E-state index is -0.713. The summed E-state index contributed by atoms with van der Waals surface area (Å²) in [6.07, 6.45) is 0.448. The minimum Gasteiger partial charge on any atom is -0.483 e. The lowest BCUT2D eigenvalue weighted by molar-refractivity contribution is -0.137. The van der Waals surface area contributed by atoms with E-state index in [2.05, 4.69) is 20.7 Å². The lowest BCUT2D eigenvalue weighted by Gasteiger charge is -2.29. The Morgan fingerprint density at radius 3 is 2.96 bits per heavy atom. The molecule has 3 rings (SSSR count). The topological polar surface area (TPSA) is 154 Å². The van der Waals surface area contributed by atoms with Gasteiger partial charge < -0.3 is 15.0 Å². The third-order valence-electron chi connectivity index (χ3n) is 4.50. The number of azide groups is 1. The molecular formula is C17H18N6O5. The molecule has 4 amide bonds. The van der Waals surface area contributed by atoms with E-state index in [1.54, 1.807) is 18.2 Å². The van der Waals surface area contributed by atoms with Gasteiger partial charge in [0.1, 0.15) is 11.8 Å². The molecule has 0 radical (unpaired) electrons. The van der Waals surface area contributed by atoms with Crippen molar-refractivity contribution in [2.24, 2.45) is 5.11 Å². The van der Waals surface area contributed by atoms with Gasteiger partial charge in [0, 0.05) is 35.5 Å². The summed E-state index contributed by atoms with van der Waals surface area (Å²) in [6, 6.07) is 4.21. The van der Waals surface area contributed by atoms with Crippen LogP contribution in [0.3, 0.4) is 0 Å². The largest absolute Gasteiger partial charge is 0.483 e. The highest BCUT2D eigenvalue weighted by molar-refractivity contribution is 6.05. The van der Waals surface area contributed by atoms with Gasteiger partial charge in [-0.25, -0.2) is 0 Å². The van der Waals surface area contributed by atoms with E-state index in [-0.39, 0.29) is 50.9 Å².